The molecule has 2 aromatic heterocycles. The fraction of sp³-hybridized carbons (Fsp3) is 0.333. The first kappa shape index (κ1) is 20.3. The molecular weight excluding hydrogens is 377 g/mol. The van der Waals surface area contributed by atoms with Gasteiger partial charge in [-0.05, 0) is 25.1 Å². The van der Waals surface area contributed by atoms with Gasteiger partial charge in [0.15, 0.2) is 0 Å². The van der Waals surface area contributed by atoms with Gasteiger partial charge in [0.25, 0.3) is 0 Å². The number of aryl methyl sites for hydroxylation is 1. The third-order valence-corrected chi connectivity index (χ3v) is 5.04. The summed E-state index contributed by atoms with van der Waals surface area (Å²) >= 11 is 0. The van der Waals surface area contributed by atoms with Crippen LogP contribution in [0.2, 0.25) is 0 Å². The Hall–Kier alpha value is -2.44. The molecule has 0 radical (unpaired) electrons. The smallest absolute Gasteiger partial charge is 0.136 e. The van der Waals surface area contributed by atoms with Crippen LogP contribution in [0.25, 0.3) is 11.1 Å². The molecule has 1 aromatic carbocycles. The molecule has 28 heavy (non-hydrogen) atoms. The Labute approximate surface area is 171 Å². The molecular formula is C21H25ClFN5. The Morgan fingerprint density at radius 3 is 2.46 bits per heavy atom. The zero-order chi connectivity index (χ0) is 18.6. The van der Waals surface area contributed by atoms with Crippen molar-refractivity contribution in [2.45, 2.75) is 20.0 Å². The number of nitrogens with zero attached hydrogens (tertiary/aromatic N) is 5. The summed E-state index contributed by atoms with van der Waals surface area (Å²) in [4.78, 5) is 9.26. The molecule has 4 rings (SSSR count). The van der Waals surface area contributed by atoms with E-state index in [1.165, 1.54) is 11.6 Å². The number of piperazine rings is 1. The van der Waals surface area contributed by atoms with Crippen molar-refractivity contribution in [1.82, 2.24) is 19.7 Å². The van der Waals surface area contributed by atoms with Crippen molar-refractivity contribution in [2.75, 3.05) is 31.1 Å². The summed E-state index contributed by atoms with van der Waals surface area (Å²) in [6.07, 6.45) is 5.84. The van der Waals surface area contributed by atoms with Crippen molar-refractivity contribution in [3.63, 3.8) is 0 Å². The van der Waals surface area contributed by atoms with Gasteiger partial charge in [-0.1, -0.05) is 18.2 Å². The number of benzene rings is 1. The fourth-order valence-corrected chi connectivity index (χ4v) is 3.58. The van der Waals surface area contributed by atoms with Crippen LogP contribution in [-0.2, 0) is 13.1 Å². The topological polar surface area (TPSA) is 37.2 Å². The minimum Gasteiger partial charge on any atom is -0.354 e. The average molecular weight is 402 g/mol. The van der Waals surface area contributed by atoms with E-state index in [0.717, 1.165) is 50.6 Å². The maximum absolute atomic E-state index is 14.3. The molecule has 7 heteroatoms. The van der Waals surface area contributed by atoms with Gasteiger partial charge in [-0.2, -0.15) is 5.10 Å². The second-order valence-electron chi connectivity index (χ2n) is 6.82. The van der Waals surface area contributed by atoms with E-state index in [2.05, 4.69) is 33.0 Å². The lowest BCUT2D eigenvalue weighted by molar-refractivity contribution is 0.249. The quantitative estimate of drug-likeness (QED) is 0.650. The lowest BCUT2D eigenvalue weighted by atomic mass is 10.1. The normalized spacial score (nSPS) is 14.7. The lowest BCUT2D eigenvalue weighted by Crippen LogP contribution is -2.46. The SMILES string of the molecule is CCn1cc(CN2CCN(c3ncccc3-c3ccccc3F)CC2)cn1.Cl. The van der Waals surface area contributed by atoms with Crippen LogP contribution in [0.1, 0.15) is 12.5 Å². The predicted molar refractivity (Wildman–Crippen MR) is 112 cm³/mol. The molecule has 0 N–H and O–H groups in total. The van der Waals surface area contributed by atoms with E-state index in [4.69, 9.17) is 0 Å². The third kappa shape index (κ3) is 4.34. The zero-order valence-electron chi connectivity index (χ0n) is 16.0. The fourth-order valence-electron chi connectivity index (χ4n) is 3.58. The number of pyridine rings is 1. The maximum Gasteiger partial charge on any atom is 0.136 e. The van der Waals surface area contributed by atoms with E-state index in [9.17, 15) is 4.39 Å². The first-order valence-electron chi connectivity index (χ1n) is 9.43. The molecule has 0 aliphatic carbocycles. The van der Waals surface area contributed by atoms with Gasteiger partial charge >= 0.3 is 0 Å². The van der Waals surface area contributed by atoms with E-state index < -0.39 is 0 Å². The van der Waals surface area contributed by atoms with Crippen molar-refractivity contribution in [3.8, 4) is 11.1 Å². The highest BCUT2D eigenvalue weighted by Gasteiger charge is 2.21. The summed E-state index contributed by atoms with van der Waals surface area (Å²) in [5.74, 6) is 0.652. The van der Waals surface area contributed by atoms with Gasteiger partial charge in [-0.3, -0.25) is 9.58 Å². The predicted octanol–water partition coefficient (Wildman–Crippen LogP) is 3.85. The zero-order valence-corrected chi connectivity index (χ0v) is 16.8. The van der Waals surface area contributed by atoms with Gasteiger partial charge in [0, 0.05) is 68.4 Å². The Kier molecular flexibility index (Phi) is 6.65. The molecule has 1 aliphatic rings. The van der Waals surface area contributed by atoms with Gasteiger partial charge in [0.1, 0.15) is 11.6 Å². The Morgan fingerprint density at radius 2 is 1.75 bits per heavy atom. The number of rotatable bonds is 5. The first-order valence-corrected chi connectivity index (χ1v) is 9.43. The first-order chi connectivity index (χ1) is 13.2. The molecule has 1 saturated heterocycles. The molecule has 0 atom stereocenters. The molecule has 0 saturated carbocycles. The van der Waals surface area contributed by atoms with Crippen LogP contribution in [0, 0.1) is 5.82 Å². The van der Waals surface area contributed by atoms with Crippen molar-refractivity contribution < 1.29 is 4.39 Å². The van der Waals surface area contributed by atoms with Gasteiger partial charge in [-0.25, -0.2) is 9.37 Å². The van der Waals surface area contributed by atoms with Gasteiger partial charge in [0.05, 0.1) is 6.20 Å². The standard InChI is InChI=1S/C21H24FN5.ClH/c1-2-27-16-17(14-24-27)15-25-10-12-26(13-11-25)21-19(7-5-9-23-21)18-6-3-4-8-20(18)22;/h3-9,14,16H,2,10-13,15H2,1H3;1H. The maximum atomic E-state index is 14.3. The third-order valence-electron chi connectivity index (χ3n) is 5.04. The van der Waals surface area contributed by atoms with E-state index in [0.29, 0.717) is 5.56 Å². The molecule has 5 nitrogen and oxygen atoms in total. The molecule has 1 fully saturated rings. The highest BCUT2D eigenvalue weighted by Crippen LogP contribution is 2.31. The average Bonchev–Trinajstić information content (AvgIpc) is 3.17. The lowest BCUT2D eigenvalue weighted by Gasteiger charge is -2.36. The molecule has 1 aliphatic heterocycles. The van der Waals surface area contributed by atoms with E-state index in [1.807, 2.05) is 35.1 Å². The highest BCUT2D eigenvalue weighted by atomic mass is 35.5. The summed E-state index contributed by atoms with van der Waals surface area (Å²) in [5, 5.41) is 4.35. The minimum atomic E-state index is -0.210. The van der Waals surface area contributed by atoms with Gasteiger partial charge in [-0.15, -0.1) is 12.4 Å². The number of aromatic nitrogens is 3. The summed E-state index contributed by atoms with van der Waals surface area (Å²) in [6.45, 7) is 7.55. The second kappa shape index (κ2) is 9.17. The molecule has 148 valence electrons. The van der Waals surface area contributed by atoms with Crippen molar-refractivity contribution in [3.05, 3.63) is 66.4 Å². The van der Waals surface area contributed by atoms with E-state index in [-0.39, 0.29) is 18.2 Å². The Bertz CT molecular complexity index is 905. The van der Waals surface area contributed by atoms with Gasteiger partial charge in [0.2, 0.25) is 0 Å². The molecule has 3 aromatic rings. The number of hydrogen-bond donors (Lipinski definition) is 0. The Balaban J connectivity index is 0.00000225. The molecule has 0 amide bonds. The van der Waals surface area contributed by atoms with Crippen LogP contribution >= 0.6 is 12.4 Å². The summed E-state index contributed by atoms with van der Waals surface area (Å²) in [6, 6.07) is 10.7. The van der Waals surface area contributed by atoms with Crippen LogP contribution < -0.4 is 4.90 Å². The van der Waals surface area contributed by atoms with Crippen LogP contribution in [0.4, 0.5) is 10.2 Å². The van der Waals surface area contributed by atoms with Crippen molar-refractivity contribution >= 4 is 18.2 Å². The van der Waals surface area contributed by atoms with Crippen molar-refractivity contribution in [1.29, 1.82) is 0 Å². The largest absolute Gasteiger partial charge is 0.354 e. The van der Waals surface area contributed by atoms with E-state index in [1.54, 1.807) is 12.3 Å². The van der Waals surface area contributed by atoms with Gasteiger partial charge < -0.3 is 4.90 Å². The second-order valence-corrected chi connectivity index (χ2v) is 6.82. The van der Waals surface area contributed by atoms with E-state index >= 15 is 0 Å². The number of halogens is 2. The summed E-state index contributed by atoms with van der Waals surface area (Å²) in [7, 11) is 0. The minimum absolute atomic E-state index is 0. The number of hydrogen-bond acceptors (Lipinski definition) is 4. The molecule has 0 spiro atoms. The van der Waals surface area contributed by atoms with Crippen LogP contribution in [0.5, 0.6) is 0 Å². The highest BCUT2D eigenvalue weighted by molar-refractivity contribution is 5.85. The summed E-state index contributed by atoms with van der Waals surface area (Å²) in [5.41, 5.74) is 2.71. The van der Waals surface area contributed by atoms with Crippen LogP contribution in [0.15, 0.2) is 55.0 Å². The van der Waals surface area contributed by atoms with Crippen LogP contribution in [-0.4, -0.2) is 45.8 Å². The van der Waals surface area contributed by atoms with Crippen LogP contribution in [0.3, 0.4) is 0 Å². The monoisotopic (exact) mass is 401 g/mol. The molecule has 3 heterocycles. The Morgan fingerprint density at radius 1 is 1.00 bits per heavy atom. The number of anilines is 1. The van der Waals surface area contributed by atoms with Crippen molar-refractivity contribution in [2.24, 2.45) is 0 Å². The summed E-state index contributed by atoms with van der Waals surface area (Å²) < 4.78 is 16.3. The molecule has 0 bridgehead atoms. The molecule has 0 unspecified atom stereocenters.